The summed E-state index contributed by atoms with van der Waals surface area (Å²) in [5.74, 6) is 0.0370. The van der Waals surface area contributed by atoms with Crippen LogP contribution in [0, 0.1) is 6.92 Å². The van der Waals surface area contributed by atoms with Crippen molar-refractivity contribution in [2.45, 2.75) is 6.92 Å². The van der Waals surface area contributed by atoms with Crippen molar-refractivity contribution in [2.75, 3.05) is 5.88 Å². The molecule has 0 amide bonds. The average Bonchev–Trinajstić information content (AvgIpc) is 2.05. The van der Waals surface area contributed by atoms with Gasteiger partial charge in [0.1, 0.15) is 0 Å². The summed E-state index contributed by atoms with van der Waals surface area (Å²) in [5.41, 5.74) is 1.83. The molecule has 1 rings (SSSR count). The molecule has 0 radical (unpaired) electrons. The summed E-state index contributed by atoms with van der Waals surface area (Å²) in [6.45, 7) is 1.98. The SMILES string of the molecule is Cc1ccc(C(=O)CCl)cc1. The van der Waals surface area contributed by atoms with Gasteiger partial charge in [0, 0.05) is 5.56 Å². The average molecular weight is 169 g/mol. The van der Waals surface area contributed by atoms with Gasteiger partial charge in [0.05, 0.1) is 5.88 Å². The number of alkyl halides is 1. The standard InChI is InChI=1S/C9H9ClO/c1-7-2-4-8(5-3-7)9(11)6-10/h2-5H,6H2,1H3. The van der Waals surface area contributed by atoms with E-state index in [2.05, 4.69) is 0 Å². The van der Waals surface area contributed by atoms with Crippen LogP contribution in [0.3, 0.4) is 0 Å². The Hall–Kier alpha value is -0.820. The third kappa shape index (κ3) is 2.05. The Balaban J connectivity index is 2.90. The summed E-state index contributed by atoms with van der Waals surface area (Å²) in [4.78, 5) is 11.0. The molecular formula is C9H9ClO. The van der Waals surface area contributed by atoms with Crippen LogP contribution in [0.25, 0.3) is 0 Å². The topological polar surface area (TPSA) is 17.1 Å². The lowest BCUT2D eigenvalue weighted by atomic mass is 10.1. The third-order valence-corrected chi connectivity index (χ3v) is 1.74. The van der Waals surface area contributed by atoms with Crippen molar-refractivity contribution in [3.05, 3.63) is 35.4 Å². The number of halogens is 1. The van der Waals surface area contributed by atoms with Crippen LogP contribution in [-0.4, -0.2) is 11.7 Å². The maximum Gasteiger partial charge on any atom is 0.177 e. The summed E-state index contributed by atoms with van der Waals surface area (Å²) in [5, 5.41) is 0. The highest BCUT2D eigenvalue weighted by Crippen LogP contribution is 2.04. The lowest BCUT2D eigenvalue weighted by molar-refractivity contribution is 0.102. The molecule has 58 valence electrons. The molecule has 0 fully saturated rings. The molecule has 0 bridgehead atoms. The first-order chi connectivity index (χ1) is 5.24. The summed E-state index contributed by atoms with van der Waals surface area (Å²) < 4.78 is 0. The van der Waals surface area contributed by atoms with Gasteiger partial charge < -0.3 is 0 Å². The first-order valence-corrected chi connectivity index (χ1v) is 3.93. The molecule has 2 heteroatoms. The van der Waals surface area contributed by atoms with Crippen molar-refractivity contribution in [3.63, 3.8) is 0 Å². The number of rotatable bonds is 2. The monoisotopic (exact) mass is 168 g/mol. The van der Waals surface area contributed by atoms with Gasteiger partial charge in [-0.15, -0.1) is 11.6 Å². The van der Waals surface area contributed by atoms with E-state index in [1.165, 1.54) is 0 Å². The number of benzene rings is 1. The van der Waals surface area contributed by atoms with Gasteiger partial charge in [-0.05, 0) is 6.92 Å². The lowest BCUT2D eigenvalue weighted by Crippen LogP contribution is -1.99. The number of hydrogen-bond donors (Lipinski definition) is 0. The zero-order chi connectivity index (χ0) is 8.27. The van der Waals surface area contributed by atoms with E-state index in [0.717, 1.165) is 5.56 Å². The van der Waals surface area contributed by atoms with E-state index in [0.29, 0.717) is 5.56 Å². The number of Topliss-reactive ketones (excluding diaryl/α,β-unsaturated/α-hetero) is 1. The van der Waals surface area contributed by atoms with Crippen LogP contribution in [-0.2, 0) is 0 Å². The van der Waals surface area contributed by atoms with Gasteiger partial charge in [-0.3, -0.25) is 4.79 Å². The summed E-state index contributed by atoms with van der Waals surface area (Å²) in [7, 11) is 0. The third-order valence-electron chi connectivity index (χ3n) is 1.49. The second kappa shape index (κ2) is 3.54. The van der Waals surface area contributed by atoms with Gasteiger partial charge in [0.15, 0.2) is 5.78 Å². The predicted molar refractivity (Wildman–Crippen MR) is 46.2 cm³/mol. The van der Waals surface area contributed by atoms with E-state index >= 15 is 0 Å². The molecular weight excluding hydrogens is 160 g/mol. The van der Waals surface area contributed by atoms with Crippen LogP contribution in [0.2, 0.25) is 0 Å². The highest BCUT2D eigenvalue weighted by Gasteiger charge is 2.01. The Kier molecular flexibility index (Phi) is 2.66. The second-order valence-corrected chi connectivity index (χ2v) is 2.69. The molecule has 0 aromatic heterocycles. The fourth-order valence-corrected chi connectivity index (χ4v) is 0.971. The van der Waals surface area contributed by atoms with Crippen LogP contribution < -0.4 is 0 Å². The van der Waals surface area contributed by atoms with E-state index in [1.807, 2.05) is 19.1 Å². The smallest absolute Gasteiger partial charge is 0.177 e. The Morgan fingerprint density at radius 1 is 1.36 bits per heavy atom. The molecule has 0 aliphatic carbocycles. The zero-order valence-electron chi connectivity index (χ0n) is 6.30. The van der Waals surface area contributed by atoms with Crippen LogP contribution in [0.4, 0.5) is 0 Å². The molecule has 1 aromatic carbocycles. The highest BCUT2D eigenvalue weighted by molar-refractivity contribution is 6.30. The van der Waals surface area contributed by atoms with Crippen LogP contribution in [0.15, 0.2) is 24.3 Å². The molecule has 1 aromatic rings. The van der Waals surface area contributed by atoms with Gasteiger partial charge in [-0.25, -0.2) is 0 Å². The minimum atomic E-state index is -0.0216. The van der Waals surface area contributed by atoms with E-state index in [-0.39, 0.29) is 11.7 Å². The van der Waals surface area contributed by atoms with E-state index in [4.69, 9.17) is 11.6 Å². The molecule has 0 saturated heterocycles. The summed E-state index contributed by atoms with van der Waals surface area (Å²) >= 11 is 5.38. The van der Waals surface area contributed by atoms with E-state index < -0.39 is 0 Å². The van der Waals surface area contributed by atoms with Crippen molar-refractivity contribution in [1.29, 1.82) is 0 Å². The largest absolute Gasteiger partial charge is 0.293 e. The maximum atomic E-state index is 11.0. The quantitative estimate of drug-likeness (QED) is 0.490. The van der Waals surface area contributed by atoms with Gasteiger partial charge in [-0.1, -0.05) is 29.8 Å². The Bertz CT molecular complexity index is 251. The Morgan fingerprint density at radius 2 is 1.91 bits per heavy atom. The highest BCUT2D eigenvalue weighted by atomic mass is 35.5. The molecule has 0 unspecified atom stereocenters. The molecule has 0 saturated carbocycles. The van der Waals surface area contributed by atoms with Crippen LogP contribution in [0.5, 0.6) is 0 Å². The van der Waals surface area contributed by atoms with E-state index in [1.54, 1.807) is 12.1 Å². The first-order valence-electron chi connectivity index (χ1n) is 3.40. The van der Waals surface area contributed by atoms with Crippen molar-refractivity contribution in [1.82, 2.24) is 0 Å². The lowest BCUT2D eigenvalue weighted by Gasteiger charge is -1.96. The molecule has 0 aliphatic heterocycles. The molecule has 0 atom stereocenters. The normalized spacial score (nSPS) is 9.64. The van der Waals surface area contributed by atoms with Crippen LogP contribution in [0.1, 0.15) is 15.9 Å². The zero-order valence-corrected chi connectivity index (χ0v) is 7.06. The Labute approximate surface area is 71.0 Å². The minimum Gasteiger partial charge on any atom is -0.293 e. The fraction of sp³-hybridized carbons (Fsp3) is 0.222. The number of aryl methyl sites for hydroxylation is 1. The summed E-state index contributed by atoms with van der Waals surface area (Å²) in [6, 6.07) is 7.39. The number of carbonyl (C=O) groups is 1. The summed E-state index contributed by atoms with van der Waals surface area (Å²) in [6.07, 6.45) is 0. The van der Waals surface area contributed by atoms with Crippen molar-refractivity contribution >= 4 is 17.4 Å². The molecule has 1 nitrogen and oxygen atoms in total. The van der Waals surface area contributed by atoms with Gasteiger partial charge in [-0.2, -0.15) is 0 Å². The molecule has 0 N–H and O–H groups in total. The molecule has 0 heterocycles. The van der Waals surface area contributed by atoms with Gasteiger partial charge in [0.2, 0.25) is 0 Å². The maximum absolute atomic E-state index is 11.0. The van der Waals surface area contributed by atoms with Crippen molar-refractivity contribution in [3.8, 4) is 0 Å². The predicted octanol–water partition coefficient (Wildman–Crippen LogP) is 2.42. The van der Waals surface area contributed by atoms with Crippen LogP contribution >= 0.6 is 11.6 Å². The van der Waals surface area contributed by atoms with E-state index in [9.17, 15) is 4.79 Å². The van der Waals surface area contributed by atoms with Crippen molar-refractivity contribution in [2.24, 2.45) is 0 Å². The van der Waals surface area contributed by atoms with Gasteiger partial charge >= 0.3 is 0 Å². The molecule has 11 heavy (non-hydrogen) atoms. The number of carbonyl (C=O) groups excluding carboxylic acids is 1. The second-order valence-electron chi connectivity index (χ2n) is 2.42. The fourth-order valence-electron chi connectivity index (χ4n) is 0.817. The molecule has 0 aliphatic rings. The minimum absolute atomic E-state index is 0.0216. The number of hydrogen-bond acceptors (Lipinski definition) is 1. The molecule has 0 spiro atoms. The Morgan fingerprint density at radius 3 is 2.36 bits per heavy atom. The van der Waals surface area contributed by atoms with Crippen molar-refractivity contribution < 1.29 is 4.79 Å². The van der Waals surface area contributed by atoms with Gasteiger partial charge in [0.25, 0.3) is 0 Å². The number of ketones is 1. The first kappa shape index (κ1) is 8.28.